The summed E-state index contributed by atoms with van der Waals surface area (Å²) in [6.07, 6.45) is 5.20. The number of carbonyl (C=O) groups is 2. The molecule has 0 aliphatic carbocycles. The molecule has 2 aliphatic heterocycles. The summed E-state index contributed by atoms with van der Waals surface area (Å²) < 4.78 is 5.83. The van der Waals surface area contributed by atoms with Crippen molar-refractivity contribution in [2.45, 2.75) is 38.7 Å². The van der Waals surface area contributed by atoms with E-state index in [-0.39, 0.29) is 24.5 Å². The summed E-state index contributed by atoms with van der Waals surface area (Å²) in [5.41, 5.74) is 1.99. The Kier molecular flexibility index (Phi) is 5.45. The first-order chi connectivity index (χ1) is 11.6. The molecule has 1 atom stereocenters. The lowest BCUT2D eigenvalue weighted by Crippen LogP contribution is -2.47. The molecule has 0 aromatic carbocycles. The van der Waals surface area contributed by atoms with Crippen molar-refractivity contribution < 1.29 is 14.3 Å². The minimum absolute atomic E-state index is 0.0179. The van der Waals surface area contributed by atoms with Gasteiger partial charge in [0.05, 0.1) is 19.7 Å². The fraction of sp³-hybridized carbons (Fsp3) is 0.611. The van der Waals surface area contributed by atoms with Gasteiger partial charge in [-0.3, -0.25) is 14.6 Å². The first kappa shape index (κ1) is 16.9. The van der Waals surface area contributed by atoms with Gasteiger partial charge in [0, 0.05) is 31.4 Å². The highest BCUT2D eigenvalue weighted by Crippen LogP contribution is 2.22. The summed E-state index contributed by atoms with van der Waals surface area (Å²) in [4.78, 5) is 32.5. The fourth-order valence-electron chi connectivity index (χ4n) is 3.31. The van der Waals surface area contributed by atoms with Crippen LogP contribution in [0.15, 0.2) is 18.3 Å². The summed E-state index contributed by atoms with van der Waals surface area (Å²) in [5.74, 6) is 0.125. The number of likely N-dealkylation sites (tertiary alicyclic amines) is 1. The highest BCUT2D eigenvalue weighted by atomic mass is 16.5. The van der Waals surface area contributed by atoms with Crippen LogP contribution < -0.4 is 0 Å². The van der Waals surface area contributed by atoms with Gasteiger partial charge in [-0.1, -0.05) is 6.42 Å². The topological polar surface area (TPSA) is 62.7 Å². The van der Waals surface area contributed by atoms with E-state index in [9.17, 15) is 9.59 Å². The maximum absolute atomic E-state index is 12.6. The number of hydrogen-bond donors (Lipinski definition) is 0. The first-order valence-electron chi connectivity index (χ1n) is 8.73. The minimum atomic E-state index is -0.121. The van der Waals surface area contributed by atoms with Gasteiger partial charge >= 0.3 is 0 Å². The Bertz CT molecular complexity index is 605. The molecule has 0 saturated carbocycles. The molecule has 2 saturated heterocycles. The lowest BCUT2D eigenvalue weighted by Gasteiger charge is -2.34. The number of ether oxygens (including phenoxy) is 1. The molecule has 2 amide bonds. The summed E-state index contributed by atoms with van der Waals surface area (Å²) >= 11 is 0. The molecule has 0 spiro atoms. The maximum atomic E-state index is 12.6. The SMILES string of the molecule is Cc1cc(C2CN(C(=O)CN3CCCCCC3=O)CCO2)ccn1. The maximum Gasteiger partial charge on any atom is 0.242 e. The van der Waals surface area contributed by atoms with E-state index in [1.165, 1.54) is 0 Å². The molecular formula is C18H25N3O3. The van der Waals surface area contributed by atoms with Gasteiger partial charge in [-0.15, -0.1) is 0 Å². The Balaban J connectivity index is 1.61. The van der Waals surface area contributed by atoms with Crippen LogP contribution >= 0.6 is 0 Å². The molecule has 2 fully saturated rings. The Morgan fingerprint density at radius 3 is 3.04 bits per heavy atom. The van der Waals surface area contributed by atoms with Gasteiger partial charge in [-0.25, -0.2) is 0 Å². The van der Waals surface area contributed by atoms with Gasteiger partial charge in [0.25, 0.3) is 0 Å². The van der Waals surface area contributed by atoms with Gasteiger partial charge in [-0.2, -0.15) is 0 Å². The van der Waals surface area contributed by atoms with Crippen LogP contribution in [0.3, 0.4) is 0 Å². The van der Waals surface area contributed by atoms with Crippen molar-refractivity contribution in [1.82, 2.24) is 14.8 Å². The van der Waals surface area contributed by atoms with E-state index in [4.69, 9.17) is 4.74 Å². The van der Waals surface area contributed by atoms with Gasteiger partial charge in [-0.05, 0) is 37.5 Å². The van der Waals surface area contributed by atoms with E-state index in [1.807, 2.05) is 24.0 Å². The third-order valence-corrected chi connectivity index (χ3v) is 4.71. The van der Waals surface area contributed by atoms with Crippen molar-refractivity contribution in [1.29, 1.82) is 0 Å². The van der Waals surface area contributed by atoms with E-state index in [0.29, 0.717) is 32.7 Å². The first-order valence-corrected chi connectivity index (χ1v) is 8.73. The second kappa shape index (κ2) is 7.75. The Morgan fingerprint density at radius 1 is 1.33 bits per heavy atom. The number of rotatable bonds is 3. The van der Waals surface area contributed by atoms with Crippen molar-refractivity contribution in [3.63, 3.8) is 0 Å². The fourth-order valence-corrected chi connectivity index (χ4v) is 3.31. The smallest absolute Gasteiger partial charge is 0.242 e. The normalized spacial score (nSPS) is 22.4. The largest absolute Gasteiger partial charge is 0.370 e. The molecular weight excluding hydrogens is 306 g/mol. The number of morpholine rings is 1. The number of nitrogens with zero attached hydrogens (tertiary/aromatic N) is 3. The molecule has 0 bridgehead atoms. The second-order valence-corrected chi connectivity index (χ2v) is 6.56. The molecule has 1 aromatic heterocycles. The number of hydrogen-bond acceptors (Lipinski definition) is 4. The van der Waals surface area contributed by atoms with E-state index in [0.717, 1.165) is 30.5 Å². The molecule has 0 N–H and O–H groups in total. The van der Waals surface area contributed by atoms with Crippen LogP contribution in [-0.2, 0) is 14.3 Å². The minimum Gasteiger partial charge on any atom is -0.370 e. The summed E-state index contributed by atoms with van der Waals surface area (Å²) in [5, 5.41) is 0. The molecule has 24 heavy (non-hydrogen) atoms. The van der Waals surface area contributed by atoms with Crippen LogP contribution in [0.25, 0.3) is 0 Å². The van der Waals surface area contributed by atoms with Crippen LogP contribution in [0.2, 0.25) is 0 Å². The molecule has 130 valence electrons. The summed E-state index contributed by atoms with van der Waals surface area (Å²) in [6, 6.07) is 3.93. The number of aromatic nitrogens is 1. The van der Waals surface area contributed by atoms with Crippen LogP contribution in [-0.4, -0.2) is 59.4 Å². The van der Waals surface area contributed by atoms with Crippen molar-refractivity contribution in [2.24, 2.45) is 0 Å². The summed E-state index contributed by atoms with van der Waals surface area (Å²) in [7, 11) is 0. The Hall–Kier alpha value is -1.95. The number of pyridine rings is 1. The number of aryl methyl sites for hydroxylation is 1. The van der Waals surface area contributed by atoms with Crippen LogP contribution in [0.4, 0.5) is 0 Å². The highest BCUT2D eigenvalue weighted by molar-refractivity contribution is 5.85. The molecule has 6 heteroatoms. The van der Waals surface area contributed by atoms with Gasteiger partial charge in [0.15, 0.2) is 0 Å². The molecule has 3 rings (SSSR count). The van der Waals surface area contributed by atoms with Crippen molar-refractivity contribution in [3.05, 3.63) is 29.6 Å². The molecule has 1 aromatic rings. The zero-order valence-corrected chi connectivity index (χ0v) is 14.2. The Morgan fingerprint density at radius 2 is 2.21 bits per heavy atom. The third-order valence-electron chi connectivity index (χ3n) is 4.71. The standard InChI is InChI=1S/C18H25N3O3/c1-14-11-15(6-7-19-14)16-12-21(9-10-24-16)18(23)13-20-8-4-2-3-5-17(20)22/h6-7,11,16H,2-5,8-10,12-13H2,1H3. The van der Waals surface area contributed by atoms with E-state index in [2.05, 4.69) is 4.98 Å². The van der Waals surface area contributed by atoms with E-state index in [1.54, 1.807) is 11.1 Å². The average molecular weight is 331 g/mol. The highest BCUT2D eigenvalue weighted by Gasteiger charge is 2.28. The summed E-state index contributed by atoms with van der Waals surface area (Å²) in [6.45, 7) is 4.47. The zero-order chi connectivity index (χ0) is 16.9. The van der Waals surface area contributed by atoms with Crippen molar-refractivity contribution in [3.8, 4) is 0 Å². The molecule has 0 radical (unpaired) electrons. The van der Waals surface area contributed by atoms with Gasteiger partial charge in [0.2, 0.25) is 11.8 Å². The molecule has 1 unspecified atom stereocenters. The third kappa shape index (κ3) is 4.12. The Labute approximate surface area is 142 Å². The number of carbonyl (C=O) groups excluding carboxylic acids is 2. The van der Waals surface area contributed by atoms with E-state index < -0.39 is 0 Å². The zero-order valence-electron chi connectivity index (χ0n) is 14.2. The predicted octanol–water partition coefficient (Wildman–Crippen LogP) is 1.69. The van der Waals surface area contributed by atoms with Gasteiger partial charge < -0.3 is 14.5 Å². The molecule has 2 aliphatic rings. The number of amides is 2. The molecule has 6 nitrogen and oxygen atoms in total. The second-order valence-electron chi connectivity index (χ2n) is 6.56. The lowest BCUT2D eigenvalue weighted by atomic mass is 10.1. The predicted molar refractivity (Wildman–Crippen MR) is 89.3 cm³/mol. The monoisotopic (exact) mass is 331 g/mol. The van der Waals surface area contributed by atoms with Crippen molar-refractivity contribution in [2.75, 3.05) is 32.8 Å². The average Bonchev–Trinajstić information content (AvgIpc) is 2.80. The van der Waals surface area contributed by atoms with E-state index >= 15 is 0 Å². The van der Waals surface area contributed by atoms with Crippen LogP contribution in [0.1, 0.15) is 43.0 Å². The molecule has 3 heterocycles. The van der Waals surface area contributed by atoms with Crippen LogP contribution in [0, 0.1) is 6.92 Å². The quantitative estimate of drug-likeness (QED) is 0.846. The van der Waals surface area contributed by atoms with Crippen LogP contribution in [0.5, 0.6) is 0 Å². The lowest BCUT2D eigenvalue weighted by molar-refractivity contribution is -0.145. The van der Waals surface area contributed by atoms with Crippen molar-refractivity contribution >= 4 is 11.8 Å². The van der Waals surface area contributed by atoms with Gasteiger partial charge in [0.1, 0.15) is 6.10 Å².